The van der Waals surface area contributed by atoms with Gasteiger partial charge in [-0.3, -0.25) is 9.59 Å². The average Bonchev–Trinajstić information content (AvgIpc) is 2.97. The maximum Gasteiger partial charge on any atom is 0.307 e. The molecule has 0 aromatic carbocycles. The lowest BCUT2D eigenvalue weighted by molar-refractivity contribution is -0.148. The van der Waals surface area contributed by atoms with Crippen molar-refractivity contribution in [3.63, 3.8) is 0 Å². The molecule has 0 aromatic rings. The van der Waals surface area contributed by atoms with E-state index in [1.54, 1.807) is 4.90 Å². The molecule has 1 unspecified atom stereocenters. The van der Waals surface area contributed by atoms with Crippen LogP contribution in [0.15, 0.2) is 0 Å². The number of aliphatic carboxylic acids is 1. The average molecular weight is 241 g/mol. The highest BCUT2D eigenvalue weighted by Gasteiger charge is 2.41. The Labute approximate surface area is 100 Å². The molecule has 1 amide bonds. The van der Waals surface area contributed by atoms with Crippen molar-refractivity contribution >= 4 is 11.9 Å². The van der Waals surface area contributed by atoms with Crippen LogP contribution in [-0.4, -0.2) is 46.7 Å². The van der Waals surface area contributed by atoms with Crippen molar-refractivity contribution in [2.75, 3.05) is 19.7 Å². The van der Waals surface area contributed by atoms with Crippen LogP contribution in [0.3, 0.4) is 0 Å². The highest BCUT2D eigenvalue weighted by atomic mass is 16.4. The van der Waals surface area contributed by atoms with Gasteiger partial charge >= 0.3 is 5.97 Å². The molecule has 96 valence electrons. The maximum atomic E-state index is 12.2. The molecule has 2 rings (SSSR count). The number of carboxylic acid groups (broad SMARTS) is 1. The van der Waals surface area contributed by atoms with Gasteiger partial charge in [0.1, 0.15) is 0 Å². The van der Waals surface area contributed by atoms with Crippen LogP contribution >= 0.6 is 0 Å². The fourth-order valence-electron chi connectivity index (χ4n) is 2.97. The summed E-state index contributed by atoms with van der Waals surface area (Å²) in [5.41, 5.74) is 0. The van der Waals surface area contributed by atoms with Gasteiger partial charge in [0.15, 0.2) is 0 Å². The van der Waals surface area contributed by atoms with E-state index >= 15 is 0 Å². The third-order valence-electron chi connectivity index (χ3n) is 4.01. The van der Waals surface area contributed by atoms with Crippen molar-refractivity contribution in [1.29, 1.82) is 0 Å². The minimum absolute atomic E-state index is 0.0224. The molecule has 1 heterocycles. The first kappa shape index (κ1) is 12.4. The Morgan fingerprint density at radius 3 is 2.47 bits per heavy atom. The summed E-state index contributed by atoms with van der Waals surface area (Å²) in [6.45, 7) is 1.35. The zero-order chi connectivity index (χ0) is 12.4. The van der Waals surface area contributed by atoms with E-state index in [1.807, 2.05) is 0 Å². The Morgan fingerprint density at radius 2 is 1.88 bits per heavy atom. The van der Waals surface area contributed by atoms with Gasteiger partial charge in [0.25, 0.3) is 0 Å². The molecular weight excluding hydrogens is 222 g/mol. The number of carbonyl (C=O) groups excluding carboxylic acids is 1. The molecule has 0 radical (unpaired) electrons. The fourth-order valence-corrected chi connectivity index (χ4v) is 2.97. The summed E-state index contributed by atoms with van der Waals surface area (Å²) in [6, 6.07) is 0. The van der Waals surface area contributed by atoms with Gasteiger partial charge in [0, 0.05) is 25.6 Å². The Balaban J connectivity index is 1.98. The number of carboxylic acids is 1. The molecule has 1 saturated carbocycles. The quantitative estimate of drug-likeness (QED) is 0.746. The smallest absolute Gasteiger partial charge is 0.307 e. The molecule has 0 spiro atoms. The number of likely N-dealkylation sites (tertiary alicyclic amines) is 1. The summed E-state index contributed by atoms with van der Waals surface area (Å²) in [6.07, 6.45) is 2.95. The first-order valence-corrected chi connectivity index (χ1v) is 6.26. The second kappa shape index (κ2) is 5.04. The largest absolute Gasteiger partial charge is 0.481 e. The standard InChI is InChI=1S/C12H19NO4/c14-7-8-4-5-13(6-8)11(15)9-2-1-3-10(9)12(16)17/h8-10,14H,1-7H2,(H,16,17)/t8?,9-,10+/m1/s1. The zero-order valence-corrected chi connectivity index (χ0v) is 9.84. The molecule has 2 N–H and O–H groups in total. The van der Waals surface area contributed by atoms with Crippen LogP contribution in [0, 0.1) is 17.8 Å². The number of nitrogens with zero attached hydrogens (tertiary/aromatic N) is 1. The molecule has 2 aliphatic rings. The van der Waals surface area contributed by atoms with Gasteiger partial charge in [-0.05, 0) is 19.3 Å². The van der Waals surface area contributed by atoms with Crippen LogP contribution < -0.4 is 0 Å². The third-order valence-corrected chi connectivity index (χ3v) is 4.01. The lowest BCUT2D eigenvalue weighted by Gasteiger charge is -2.23. The predicted molar refractivity (Wildman–Crippen MR) is 60.2 cm³/mol. The maximum absolute atomic E-state index is 12.2. The van der Waals surface area contributed by atoms with Crippen molar-refractivity contribution in [1.82, 2.24) is 4.90 Å². The minimum Gasteiger partial charge on any atom is -0.481 e. The number of rotatable bonds is 3. The fraction of sp³-hybridized carbons (Fsp3) is 0.833. The predicted octanol–water partition coefficient (Wildman–Crippen LogP) is 0.328. The summed E-state index contributed by atoms with van der Waals surface area (Å²) >= 11 is 0. The van der Waals surface area contributed by atoms with Gasteiger partial charge in [0.05, 0.1) is 11.8 Å². The van der Waals surface area contributed by atoms with E-state index in [1.165, 1.54) is 0 Å². The molecule has 2 fully saturated rings. The summed E-state index contributed by atoms with van der Waals surface area (Å²) in [5, 5.41) is 18.1. The molecule has 1 saturated heterocycles. The van der Waals surface area contributed by atoms with Gasteiger partial charge < -0.3 is 15.1 Å². The Hall–Kier alpha value is -1.10. The number of aliphatic hydroxyl groups is 1. The Kier molecular flexibility index (Phi) is 3.66. The lowest BCUT2D eigenvalue weighted by atomic mass is 9.95. The lowest BCUT2D eigenvalue weighted by Crippen LogP contribution is -2.38. The molecule has 1 aliphatic heterocycles. The number of hydrogen-bond acceptors (Lipinski definition) is 3. The van der Waals surface area contributed by atoms with Crippen LogP contribution in [0.1, 0.15) is 25.7 Å². The highest BCUT2D eigenvalue weighted by Crippen LogP contribution is 2.34. The first-order chi connectivity index (χ1) is 8.13. The Bertz CT molecular complexity index is 318. The number of carbonyl (C=O) groups is 2. The first-order valence-electron chi connectivity index (χ1n) is 6.26. The SMILES string of the molecule is O=C(O)[C@H]1CCC[C@H]1C(=O)N1CCC(CO)C1. The summed E-state index contributed by atoms with van der Waals surface area (Å²) in [7, 11) is 0. The molecule has 0 bridgehead atoms. The molecule has 3 atom stereocenters. The van der Waals surface area contributed by atoms with Crippen LogP contribution in [0.4, 0.5) is 0 Å². The zero-order valence-electron chi connectivity index (χ0n) is 9.84. The number of amides is 1. The van der Waals surface area contributed by atoms with E-state index in [4.69, 9.17) is 10.2 Å². The molecule has 5 heteroatoms. The van der Waals surface area contributed by atoms with Gasteiger partial charge in [-0.1, -0.05) is 6.42 Å². The molecule has 0 aromatic heterocycles. The summed E-state index contributed by atoms with van der Waals surface area (Å²) in [5.74, 6) is -1.55. The molecular formula is C12H19NO4. The monoisotopic (exact) mass is 241 g/mol. The summed E-state index contributed by atoms with van der Waals surface area (Å²) in [4.78, 5) is 25.0. The molecule has 1 aliphatic carbocycles. The van der Waals surface area contributed by atoms with Crippen molar-refractivity contribution in [2.24, 2.45) is 17.8 Å². The highest BCUT2D eigenvalue weighted by molar-refractivity contribution is 5.85. The summed E-state index contributed by atoms with van der Waals surface area (Å²) < 4.78 is 0. The van der Waals surface area contributed by atoms with Crippen LogP contribution in [0.5, 0.6) is 0 Å². The van der Waals surface area contributed by atoms with Crippen molar-refractivity contribution in [2.45, 2.75) is 25.7 Å². The van der Waals surface area contributed by atoms with Crippen molar-refractivity contribution < 1.29 is 19.8 Å². The second-order valence-corrected chi connectivity index (χ2v) is 5.10. The van der Waals surface area contributed by atoms with Gasteiger partial charge in [-0.25, -0.2) is 0 Å². The van der Waals surface area contributed by atoms with Gasteiger partial charge in [0.2, 0.25) is 5.91 Å². The molecule has 5 nitrogen and oxygen atoms in total. The van der Waals surface area contributed by atoms with Gasteiger partial charge in [-0.2, -0.15) is 0 Å². The second-order valence-electron chi connectivity index (χ2n) is 5.10. The van der Waals surface area contributed by atoms with E-state index in [0.29, 0.717) is 25.9 Å². The Morgan fingerprint density at radius 1 is 1.18 bits per heavy atom. The number of aliphatic hydroxyl groups excluding tert-OH is 1. The van der Waals surface area contributed by atoms with E-state index in [2.05, 4.69) is 0 Å². The van der Waals surface area contributed by atoms with E-state index in [0.717, 1.165) is 12.8 Å². The topological polar surface area (TPSA) is 77.8 Å². The van der Waals surface area contributed by atoms with Crippen LogP contribution in [0.2, 0.25) is 0 Å². The number of hydrogen-bond donors (Lipinski definition) is 2. The van der Waals surface area contributed by atoms with Gasteiger partial charge in [-0.15, -0.1) is 0 Å². The third kappa shape index (κ3) is 2.44. The van der Waals surface area contributed by atoms with E-state index in [-0.39, 0.29) is 24.3 Å². The van der Waals surface area contributed by atoms with E-state index < -0.39 is 11.9 Å². The normalized spacial score (nSPS) is 33.0. The van der Waals surface area contributed by atoms with E-state index in [9.17, 15) is 9.59 Å². The van der Waals surface area contributed by atoms with Crippen molar-refractivity contribution in [3.8, 4) is 0 Å². The van der Waals surface area contributed by atoms with Crippen molar-refractivity contribution in [3.05, 3.63) is 0 Å². The molecule has 17 heavy (non-hydrogen) atoms. The van der Waals surface area contributed by atoms with Crippen LogP contribution in [-0.2, 0) is 9.59 Å². The minimum atomic E-state index is -0.848. The van der Waals surface area contributed by atoms with Crippen LogP contribution in [0.25, 0.3) is 0 Å².